The fourth-order valence-electron chi connectivity index (χ4n) is 3.61. The summed E-state index contributed by atoms with van der Waals surface area (Å²) in [6.45, 7) is 4.49. The Kier molecular flexibility index (Phi) is 5.00. The van der Waals surface area contributed by atoms with Crippen LogP contribution in [-0.4, -0.2) is 40.4 Å². The third kappa shape index (κ3) is 3.95. The van der Waals surface area contributed by atoms with E-state index in [-0.39, 0.29) is 5.91 Å². The highest BCUT2D eigenvalue weighted by Crippen LogP contribution is 2.20. The molecule has 3 heterocycles. The van der Waals surface area contributed by atoms with Gasteiger partial charge in [0.1, 0.15) is 18.0 Å². The molecule has 2 saturated heterocycles. The minimum absolute atomic E-state index is 0.272. The quantitative estimate of drug-likeness (QED) is 0.867. The molecule has 0 bridgehead atoms. The topological polar surface area (TPSA) is 61.4 Å². The zero-order valence-corrected chi connectivity index (χ0v) is 15.0. The van der Waals surface area contributed by atoms with E-state index in [1.54, 1.807) is 6.33 Å². The number of aromatic nitrogens is 2. The Balaban J connectivity index is 1.33. The minimum Gasteiger partial charge on any atom is -0.366 e. The maximum Gasteiger partial charge on any atom is 0.222 e. The van der Waals surface area contributed by atoms with Crippen molar-refractivity contribution >= 4 is 17.5 Å². The second-order valence-electron chi connectivity index (χ2n) is 7.04. The number of nitrogens with one attached hydrogen (secondary N) is 1. The lowest BCUT2D eigenvalue weighted by Crippen LogP contribution is -2.23. The van der Waals surface area contributed by atoms with Gasteiger partial charge in [0, 0.05) is 45.2 Å². The van der Waals surface area contributed by atoms with Gasteiger partial charge in [0.2, 0.25) is 5.91 Å². The number of carbonyl (C=O) groups is 1. The van der Waals surface area contributed by atoms with Crippen LogP contribution < -0.4 is 10.2 Å². The van der Waals surface area contributed by atoms with E-state index >= 15 is 0 Å². The van der Waals surface area contributed by atoms with Crippen LogP contribution >= 0.6 is 0 Å². The average Bonchev–Trinajstić information content (AvgIpc) is 3.34. The van der Waals surface area contributed by atoms with E-state index in [0.29, 0.717) is 6.42 Å². The number of hydrogen-bond acceptors (Lipinski definition) is 5. The third-order valence-electron chi connectivity index (χ3n) is 5.12. The zero-order valence-electron chi connectivity index (χ0n) is 15.0. The Morgan fingerprint density at radius 1 is 0.962 bits per heavy atom. The van der Waals surface area contributed by atoms with Crippen molar-refractivity contribution in [2.75, 3.05) is 29.9 Å². The second-order valence-corrected chi connectivity index (χ2v) is 7.04. The van der Waals surface area contributed by atoms with Crippen LogP contribution in [0.3, 0.4) is 0 Å². The summed E-state index contributed by atoms with van der Waals surface area (Å²) in [5, 5.41) is 3.38. The van der Waals surface area contributed by atoms with Gasteiger partial charge < -0.3 is 15.1 Å². The van der Waals surface area contributed by atoms with Crippen molar-refractivity contribution in [2.24, 2.45) is 0 Å². The summed E-state index contributed by atoms with van der Waals surface area (Å²) in [5.41, 5.74) is 2.38. The number of carbonyl (C=O) groups excluding carboxylic acids is 1. The monoisotopic (exact) mass is 351 g/mol. The summed E-state index contributed by atoms with van der Waals surface area (Å²) in [4.78, 5) is 24.7. The maximum absolute atomic E-state index is 11.7. The van der Waals surface area contributed by atoms with Crippen LogP contribution in [0.15, 0.2) is 36.7 Å². The lowest BCUT2D eigenvalue weighted by atomic mass is 10.1. The van der Waals surface area contributed by atoms with E-state index in [2.05, 4.69) is 44.5 Å². The van der Waals surface area contributed by atoms with Crippen molar-refractivity contribution in [3.63, 3.8) is 0 Å². The van der Waals surface area contributed by atoms with Crippen LogP contribution in [0.2, 0.25) is 0 Å². The predicted molar refractivity (Wildman–Crippen MR) is 102 cm³/mol. The number of amides is 1. The Bertz CT molecular complexity index is 755. The lowest BCUT2D eigenvalue weighted by Gasteiger charge is -2.17. The molecule has 1 aromatic heterocycles. The van der Waals surface area contributed by atoms with Gasteiger partial charge in [-0.3, -0.25) is 4.79 Å². The van der Waals surface area contributed by atoms with Gasteiger partial charge in [-0.2, -0.15) is 0 Å². The molecule has 2 aliphatic heterocycles. The first-order chi connectivity index (χ1) is 12.8. The molecule has 0 atom stereocenters. The molecular formula is C20H25N5O. The lowest BCUT2D eigenvalue weighted by molar-refractivity contribution is -0.128. The van der Waals surface area contributed by atoms with Gasteiger partial charge in [0.25, 0.3) is 0 Å². The Labute approximate surface area is 154 Å². The number of benzene rings is 1. The summed E-state index contributed by atoms with van der Waals surface area (Å²) in [6, 6.07) is 10.5. The van der Waals surface area contributed by atoms with Crippen molar-refractivity contribution in [2.45, 2.75) is 38.8 Å². The van der Waals surface area contributed by atoms with Gasteiger partial charge in [0.05, 0.1) is 0 Å². The SMILES string of the molecule is O=C1CCCN1Cc1ccc(CNc2cc(N3CCCC3)ncn2)cc1. The molecule has 2 fully saturated rings. The first-order valence-corrected chi connectivity index (χ1v) is 9.44. The molecular weight excluding hydrogens is 326 g/mol. The van der Waals surface area contributed by atoms with Crippen molar-refractivity contribution in [3.05, 3.63) is 47.8 Å². The van der Waals surface area contributed by atoms with Gasteiger partial charge in [-0.05, 0) is 30.4 Å². The average molecular weight is 351 g/mol. The van der Waals surface area contributed by atoms with Crippen LogP contribution in [0.25, 0.3) is 0 Å². The van der Waals surface area contributed by atoms with Crippen molar-refractivity contribution < 1.29 is 4.79 Å². The Morgan fingerprint density at radius 3 is 2.46 bits per heavy atom. The van der Waals surface area contributed by atoms with E-state index in [0.717, 1.165) is 50.8 Å². The second kappa shape index (κ2) is 7.72. The zero-order chi connectivity index (χ0) is 17.8. The van der Waals surface area contributed by atoms with Crippen LogP contribution in [0, 0.1) is 0 Å². The minimum atomic E-state index is 0.272. The molecule has 0 aliphatic carbocycles. The highest BCUT2D eigenvalue weighted by molar-refractivity contribution is 5.78. The summed E-state index contributed by atoms with van der Waals surface area (Å²) in [6.07, 6.45) is 5.79. The summed E-state index contributed by atoms with van der Waals surface area (Å²) in [7, 11) is 0. The predicted octanol–water partition coefficient (Wildman–Crippen LogP) is 2.81. The van der Waals surface area contributed by atoms with Gasteiger partial charge in [0.15, 0.2) is 0 Å². The van der Waals surface area contributed by atoms with Crippen LogP contribution in [0.5, 0.6) is 0 Å². The summed E-state index contributed by atoms with van der Waals surface area (Å²) >= 11 is 0. The summed E-state index contributed by atoms with van der Waals surface area (Å²) < 4.78 is 0. The molecule has 1 aromatic carbocycles. The first-order valence-electron chi connectivity index (χ1n) is 9.44. The molecule has 136 valence electrons. The number of rotatable bonds is 6. The standard InChI is InChI=1S/C20H25N5O/c26-20-4-3-11-25(20)14-17-7-5-16(6-8-17)13-21-18-12-19(23-15-22-18)24-9-1-2-10-24/h5-8,12,15H,1-4,9-11,13-14H2,(H,21,22,23). The Hall–Kier alpha value is -2.63. The molecule has 0 radical (unpaired) electrons. The van der Waals surface area contributed by atoms with E-state index in [1.165, 1.54) is 24.0 Å². The molecule has 26 heavy (non-hydrogen) atoms. The first kappa shape index (κ1) is 16.8. The normalized spacial score (nSPS) is 17.2. The van der Waals surface area contributed by atoms with E-state index in [1.807, 2.05) is 11.0 Å². The highest BCUT2D eigenvalue weighted by Gasteiger charge is 2.19. The molecule has 0 spiro atoms. The molecule has 1 amide bonds. The molecule has 2 aromatic rings. The fourth-order valence-corrected chi connectivity index (χ4v) is 3.61. The molecule has 2 aliphatic rings. The molecule has 1 N–H and O–H groups in total. The number of hydrogen-bond donors (Lipinski definition) is 1. The number of nitrogens with zero attached hydrogens (tertiary/aromatic N) is 4. The van der Waals surface area contributed by atoms with Crippen molar-refractivity contribution in [3.8, 4) is 0 Å². The third-order valence-corrected chi connectivity index (χ3v) is 5.12. The van der Waals surface area contributed by atoms with Gasteiger partial charge in [-0.1, -0.05) is 24.3 Å². The maximum atomic E-state index is 11.7. The van der Waals surface area contributed by atoms with E-state index in [4.69, 9.17) is 0 Å². The van der Waals surface area contributed by atoms with E-state index in [9.17, 15) is 4.79 Å². The molecule has 4 rings (SSSR count). The number of likely N-dealkylation sites (tertiary alicyclic amines) is 1. The van der Waals surface area contributed by atoms with Crippen LogP contribution in [0.1, 0.15) is 36.8 Å². The van der Waals surface area contributed by atoms with Crippen molar-refractivity contribution in [1.82, 2.24) is 14.9 Å². The fraction of sp³-hybridized carbons (Fsp3) is 0.450. The molecule has 6 nitrogen and oxygen atoms in total. The largest absolute Gasteiger partial charge is 0.366 e. The summed E-state index contributed by atoms with van der Waals surface area (Å²) in [5.74, 6) is 2.13. The highest BCUT2D eigenvalue weighted by atomic mass is 16.2. The smallest absolute Gasteiger partial charge is 0.222 e. The van der Waals surface area contributed by atoms with Crippen LogP contribution in [-0.2, 0) is 17.9 Å². The van der Waals surface area contributed by atoms with Crippen LogP contribution in [0.4, 0.5) is 11.6 Å². The molecule has 0 unspecified atom stereocenters. The van der Waals surface area contributed by atoms with E-state index < -0.39 is 0 Å². The number of anilines is 2. The van der Waals surface area contributed by atoms with Gasteiger partial charge >= 0.3 is 0 Å². The molecule has 6 heteroatoms. The van der Waals surface area contributed by atoms with Gasteiger partial charge in [-0.25, -0.2) is 9.97 Å². The van der Waals surface area contributed by atoms with Crippen molar-refractivity contribution in [1.29, 1.82) is 0 Å². The molecule has 0 saturated carbocycles. The van der Waals surface area contributed by atoms with Gasteiger partial charge in [-0.15, -0.1) is 0 Å². The Morgan fingerprint density at radius 2 is 1.73 bits per heavy atom.